The summed E-state index contributed by atoms with van der Waals surface area (Å²) in [5.41, 5.74) is 0.920. The van der Waals surface area contributed by atoms with Gasteiger partial charge in [-0.05, 0) is 74.0 Å². The van der Waals surface area contributed by atoms with Gasteiger partial charge in [-0.15, -0.1) is 0 Å². The number of aliphatic hydroxyl groups is 1. The van der Waals surface area contributed by atoms with Gasteiger partial charge in [0.1, 0.15) is 11.6 Å². The van der Waals surface area contributed by atoms with Gasteiger partial charge >= 0.3 is 6.18 Å². The van der Waals surface area contributed by atoms with Crippen LogP contribution in [0.1, 0.15) is 35.0 Å². The number of aliphatic hydroxyl groups excluding tert-OH is 1. The molecule has 1 amide bonds. The number of hydrogen-bond donors (Lipinski definition) is 4. The minimum absolute atomic E-state index is 0.0513. The molecule has 0 radical (unpaired) electrons. The van der Waals surface area contributed by atoms with E-state index >= 15 is 0 Å². The number of phenolic OH excluding ortho intramolecular Hbond substituents is 1. The molecule has 2 aromatic carbocycles. The van der Waals surface area contributed by atoms with Crippen molar-refractivity contribution < 1.29 is 28.2 Å². The van der Waals surface area contributed by atoms with Crippen LogP contribution in [0.2, 0.25) is 10.0 Å². The number of aromatic nitrogens is 2. The first-order valence-corrected chi connectivity index (χ1v) is 15.1. The SMILES string of the molecule is O=C(Nc1c(O)cc(Cl)cc1C(O)Nc1ccc(Cl)cn1)c1ccc(-c2cccn(CCN3CCC(C(F)(F)F)CC3)c2=O)cc1. The van der Waals surface area contributed by atoms with Crippen LogP contribution in [0.5, 0.6) is 5.75 Å². The Balaban J connectivity index is 1.26. The summed E-state index contributed by atoms with van der Waals surface area (Å²) in [5.74, 6) is -1.95. The van der Waals surface area contributed by atoms with Crippen molar-refractivity contribution in [3.8, 4) is 16.9 Å². The average Bonchev–Trinajstić information content (AvgIpc) is 3.02. The predicted molar refractivity (Wildman–Crippen MR) is 170 cm³/mol. The van der Waals surface area contributed by atoms with Gasteiger partial charge in [0.2, 0.25) is 0 Å². The highest BCUT2D eigenvalue weighted by atomic mass is 35.5. The summed E-state index contributed by atoms with van der Waals surface area (Å²) in [4.78, 5) is 32.4. The molecule has 0 spiro atoms. The number of piperidine rings is 1. The van der Waals surface area contributed by atoms with Crippen molar-refractivity contribution in [1.29, 1.82) is 0 Å². The fourth-order valence-electron chi connectivity index (χ4n) is 5.30. The number of hydrogen-bond acceptors (Lipinski definition) is 7. The van der Waals surface area contributed by atoms with E-state index in [9.17, 15) is 33.0 Å². The van der Waals surface area contributed by atoms with E-state index < -0.39 is 24.2 Å². The van der Waals surface area contributed by atoms with Gasteiger partial charge in [-0.3, -0.25) is 9.59 Å². The van der Waals surface area contributed by atoms with Crippen molar-refractivity contribution in [1.82, 2.24) is 14.5 Å². The fourth-order valence-corrected chi connectivity index (χ4v) is 5.63. The van der Waals surface area contributed by atoms with Crippen LogP contribution in [0.25, 0.3) is 11.1 Å². The van der Waals surface area contributed by atoms with Crippen LogP contribution >= 0.6 is 23.2 Å². The Bertz CT molecular complexity index is 1740. The molecular formula is C32H30Cl2F3N5O4. The number of carbonyl (C=O) groups is 1. The lowest BCUT2D eigenvalue weighted by Crippen LogP contribution is -2.41. The molecule has 4 N–H and O–H groups in total. The molecule has 3 heterocycles. The molecule has 9 nitrogen and oxygen atoms in total. The third-order valence-corrected chi connectivity index (χ3v) is 8.29. The number of nitrogens with zero attached hydrogens (tertiary/aromatic N) is 3. The molecule has 2 aromatic heterocycles. The number of halogens is 5. The molecule has 0 bridgehead atoms. The van der Waals surface area contributed by atoms with Crippen LogP contribution < -0.4 is 16.2 Å². The normalized spacial score (nSPS) is 15.0. The highest BCUT2D eigenvalue weighted by Crippen LogP contribution is 2.36. The molecule has 1 aliphatic heterocycles. The summed E-state index contributed by atoms with van der Waals surface area (Å²) >= 11 is 12.0. The highest BCUT2D eigenvalue weighted by Gasteiger charge is 2.40. The monoisotopic (exact) mass is 675 g/mol. The van der Waals surface area contributed by atoms with E-state index in [1.807, 2.05) is 4.90 Å². The molecule has 5 rings (SSSR count). The van der Waals surface area contributed by atoms with Crippen LogP contribution in [0, 0.1) is 5.92 Å². The molecule has 0 saturated carbocycles. The molecule has 1 saturated heterocycles. The number of rotatable bonds is 9. The molecule has 1 unspecified atom stereocenters. The molecule has 4 aromatic rings. The number of anilines is 2. The van der Waals surface area contributed by atoms with Crippen molar-refractivity contribution in [2.45, 2.75) is 31.8 Å². The second-order valence-corrected chi connectivity index (χ2v) is 11.8. The fraction of sp³-hybridized carbons (Fsp3) is 0.281. The van der Waals surface area contributed by atoms with Gasteiger partial charge in [0.05, 0.1) is 16.6 Å². The number of likely N-dealkylation sites (tertiary alicyclic amines) is 1. The average molecular weight is 677 g/mol. The second-order valence-electron chi connectivity index (χ2n) is 10.9. The van der Waals surface area contributed by atoms with Crippen LogP contribution in [-0.2, 0) is 6.54 Å². The first-order valence-electron chi connectivity index (χ1n) is 14.4. The zero-order valence-corrected chi connectivity index (χ0v) is 25.8. The lowest BCUT2D eigenvalue weighted by atomic mass is 9.96. The highest BCUT2D eigenvalue weighted by molar-refractivity contribution is 6.31. The minimum Gasteiger partial charge on any atom is -0.506 e. The first-order chi connectivity index (χ1) is 21.9. The zero-order chi connectivity index (χ0) is 33.0. The van der Waals surface area contributed by atoms with Crippen LogP contribution in [-0.4, -0.2) is 56.4 Å². The summed E-state index contributed by atoms with van der Waals surface area (Å²) in [7, 11) is 0. The quantitative estimate of drug-likeness (QED) is 0.117. The topological polar surface area (TPSA) is 120 Å². The molecule has 14 heteroatoms. The van der Waals surface area contributed by atoms with E-state index in [-0.39, 0.29) is 51.8 Å². The summed E-state index contributed by atoms with van der Waals surface area (Å²) < 4.78 is 40.5. The summed E-state index contributed by atoms with van der Waals surface area (Å²) in [5, 5.41) is 27.3. The van der Waals surface area contributed by atoms with Crippen molar-refractivity contribution >= 4 is 40.6 Å². The van der Waals surface area contributed by atoms with Gasteiger partial charge in [-0.2, -0.15) is 13.2 Å². The van der Waals surface area contributed by atoms with E-state index in [0.29, 0.717) is 42.3 Å². The Morgan fingerprint density at radius 1 is 1.02 bits per heavy atom. The molecule has 1 fully saturated rings. The van der Waals surface area contributed by atoms with Gasteiger partial charge in [-0.1, -0.05) is 35.3 Å². The van der Waals surface area contributed by atoms with Crippen LogP contribution in [0.4, 0.5) is 24.7 Å². The van der Waals surface area contributed by atoms with E-state index in [1.165, 1.54) is 35.0 Å². The van der Waals surface area contributed by atoms with Crippen molar-refractivity contribution in [2.75, 3.05) is 30.3 Å². The van der Waals surface area contributed by atoms with Crippen LogP contribution in [0.3, 0.4) is 0 Å². The molecule has 1 atom stereocenters. The largest absolute Gasteiger partial charge is 0.506 e. The van der Waals surface area contributed by atoms with Gasteiger partial charge in [-0.25, -0.2) is 4.98 Å². The van der Waals surface area contributed by atoms with Gasteiger partial charge in [0.15, 0.2) is 6.23 Å². The number of benzene rings is 2. The molecule has 1 aliphatic rings. The number of alkyl halides is 3. The standard InChI is InChI=1S/C32H30Cl2F3N5O4/c33-22-7-8-27(38-18-22)39-30(45)25-16-23(34)17-26(43)28(25)40-29(44)20-5-3-19(4-6-20)24-2-1-11-42(31(24)46)15-14-41-12-9-21(10-13-41)32(35,36)37/h1-8,11,16-18,21,30,43,45H,9-10,12-15H2,(H,38,39)(H,40,44). The maximum atomic E-state index is 13.2. The maximum absolute atomic E-state index is 13.2. The smallest absolute Gasteiger partial charge is 0.391 e. The van der Waals surface area contributed by atoms with Crippen LogP contribution in [0.15, 0.2) is 77.9 Å². The Kier molecular flexibility index (Phi) is 10.2. The summed E-state index contributed by atoms with van der Waals surface area (Å²) in [6.45, 7) is 1.43. The lowest BCUT2D eigenvalue weighted by Gasteiger charge is -2.32. The minimum atomic E-state index is -4.18. The number of phenols is 1. The second kappa shape index (κ2) is 14.1. The van der Waals surface area contributed by atoms with Gasteiger partial charge in [0.25, 0.3) is 11.5 Å². The Morgan fingerprint density at radius 2 is 1.74 bits per heavy atom. The molecular weight excluding hydrogens is 646 g/mol. The summed E-state index contributed by atoms with van der Waals surface area (Å²) in [6, 6.07) is 15.4. The third-order valence-electron chi connectivity index (χ3n) is 7.84. The van der Waals surface area contributed by atoms with Crippen molar-refractivity contribution in [3.05, 3.63) is 105 Å². The Morgan fingerprint density at radius 3 is 2.39 bits per heavy atom. The number of aromatic hydroxyl groups is 1. The zero-order valence-electron chi connectivity index (χ0n) is 24.3. The van der Waals surface area contributed by atoms with Crippen molar-refractivity contribution in [3.63, 3.8) is 0 Å². The lowest BCUT2D eigenvalue weighted by molar-refractivity contribution is -0.185. The van der Waals surface area contributed by atoms with E-state index in [2.05, 4.69) is 15.6 Å². The first kappa shape index (κ1) is 33.3. The molecule has 46 heavy (non-hydrogen) atoms. The third kappa shape index (κ3) is 8.00. The van der Waals surface area contributed by atoms with E-state index in [4.69, 9.17) is 23.2 Å². The molecule has 0 aliphatic carbocycles. The number of amides is 1. The number of nitrogens with one attached hydrogen (secondary N) is 2. The van der Waals surface area contributed by atoms with E-state index in [1.54, 1.807) is 42.6 Å². The Hall–Kier alpha value is -4.10. The Labute approximate surface area is 272 Å². The van der Waals surface area contributed by atoms with Crippen molar-refractivity contribution in [2.24, 2.45) is 5.92 Å². The maximum Gasteiger partial charge on any atom is 0.391 e. The molecule has 242 valence electrons. The number of pyridine rings is 2. The van der Waals surface area contributed by atoms with E-state index in [0.717, 1.165) is 0 Å². The van der Waals surface area contributed by atoms with Gasteiger partial charge in [0, 0.05) is 53.3 Å². The summed E-state index contributed by atoms with van der Waals surface area (Å²) in [6.07, 6.45) is -2.46. The van der Waals surface area contributed by atoms with Gasteiger partial charge < -0.3 is 30.3 Å². The predicted octanol–water partition coefficient (Wildman–Crippen LogP) is 6.55. The number of carbonyl (C=O) groups excluding carboxylic acids is 1.